The van der Waals surface area contributed by atoms with Crippen LogP contribution in [0.25, 0.3) is 0 Å². The highest BCUT2D eigenvalue weighted by Gasteiger charge is 2.31. The van der Waals surface area contributed by atoms with Gasteiger partial charge in [0, 0.05) is 30.6 Å². The van der Waals surface area contributed by atoms with Crippen LogP contribution >= 0.6 is 11.3 Å². The van der Waals surface area contributed by atoms with Crippen LogP contribution in [-0.2, 0) is 33.9 Å². The molecule has 1 atom stereocenters. The zero-order valence-corrected chi connectivity index (χ0v) is 20.9. The summed E-state index contributed by atoms with van der Waals surface area (Å²) in [4.78, 5) is 39.4. The van der Waals surface area contributed by atoms with Gasteiger partial charge in [-0.2, -0.15) is 0 Å². The Morgan fingerprint density at radius 1 is 1.17 bits per heavy atom. The average molecular weight is 495 g/mol. The molecule has 8 nitrogen and oxygen atoms in total. The van der Waals surface area contributed by atoms with Crippen LogP contribution in [0.15, 0.2) is 54.2 Å². The van der Waals surface area contributed by atoms with Crippen molar-refractivity contribution < 1.29 is 19.1 Å². The number of pyridine rings is 1. The molecule has 0 radical (unpaired) electrons. The highest BCUT2D eigenvalue weighted by molar-refractivity contribution is 7.09. The fourth-order valence-electron chi connectivity index (χ4n) is 4.04. The zero-order valence-electron chi connectivity index (χ0n) is 20.1. The number of rotatable bonds is 9. The monoisotopic (exact) mass is 494 g/mol. The molecule has 1 aliphatic rings. The summed E-state index contributed by atoms with van der Waals surface area (Å²) in [6, 6.07) is 13.3. The van der Waals surface area contributed by atoms with E-state index in [4.69, 9.17) is 9.47 Å². The van der Waals surface area contributed by atoms with E-state index in [1.54, 1.807) is 40.0 Å². The standard InChI is InChI=1S/C26H30N4O4S/c1-19-24(35-18-28-19)9-10-25(31)30-15-23(34-17-20-6-5-8-22(12-20)33-2)14-29(26(32)16-30)13-21-7-3-4-11-27-21/h3-8,11-12,18,23H,9-10,13-17H2,1-2H3/t23-/m1/s1. The van der Waals surface area contributed by atoms with Crippen molar-refractivity contribution in [1.82, 2.24) is 19.8 Å². The van der Waals surface area contributed by atoms with E-state index in [9.17, 15) is 9.59 Å². The molecule has 0 N–H and O–H groups in total. The maximum atomic E-state index is 13.1. The number of amides is 2. The lowest BCUT2D eigenvalue weighted by Crippen LogP contribution is -2.39. The molecular formula is C26H30N4O4S. The topological polar surface area (TPSA) is 84.9 Å². The molecule has 1 saturated heterocycles. The summed E-state index contributed by atoms with van der Waals surface area (Å²) < 4.78 is 11.5. The van der Waals surface area contributed by atoms with Gasteiger partial charge in [0.25, 0.3) is 0 Å². The van der Waals surface area contributed by atoms with Gasteiger partial charge in [-0.05, 0) is 43.2 Å². The number of methoxy groups -OCH3 is 1. The second kappa shape index (κ2) is 11.9. The third-order valence-corrected chi connectivity index (χ3v) is 6.98. The number of nitrogens with zero attached hydrogens (tertiary/aromatic N) is 4. The highest BCUT2D eigenvalue weighted by Crippen LogP contribution is 2.19. The van der Waals surface area contributed by atoms with Gasteiger partial charge in [-0.15, -0.1) is 11.3 Å². The van der Waals surface area contributed by atoms with Crippen molar-refractivity contribution in [3.63, 3.8) is 0 Å². The number of carbonyl (C=O) groups is 2. The van der Waals surface area contributed by atoms with Crippen molar-refractivity contribution in [3.05, 3.63) is 76.0 Å². The molecule has 4 rings (SSSR count). The van der Waals surface area contributed by atoms with Crippen molar-refractivity contribution in [2.24, 2.45) is 0 Å². The first-order chi connectivity index (χ1) is 17.0. The van der Waals surface area contributed by atoms with Crippen molar-refractivity contribution in [3.8, 4) is 5.75 Å². The molecule has 1 aromatic carbocycles. The van der Waals surface area contributed by atoms with Gasteiger partial charge in [0.1, 0.15) is 5.75 Å². The first kappa shape index (κ1) is 24.8. The Bertz CT molecular complexity index is 1140. The van der Waals surface area contributed by atoms with E-state index < -0.39 is 0 Å². The third-order valence-electron chi connectivity index (χ3n) is 5.99. The third kappa shape index (κ3) is 6.86. The predicted molar refractivity (Wildman–Crippen MR) is 133 cm³/mol. The van der Waals surface area contributed by atoms with Gasteiger partial charge in [0.05, 0.1) is 49.8 Å². The predicted octanol–water partition coefficient (Wildman–Crippen LogP) is 3.24. The lowest BCUT2D eigenvalue weighted by Gasteiger charge is -2.25. The smallest absolute Gasteiger partial charge is 0.242 e. The summed E-state index contributed by atoms with van der Waals surface area (Å²) in [6.07, 6.45) is 2.34. The molecule has 0 saturated carbocycles. The Balaban J connectivity index is 1.46. The van der Waals surface area contributed by atoms with E-state index in [1.807, 2.05) is 49.4 Å². The number of hydrogen-bond donors (Lipinski definition) is 0. The fourth-order valence-corrected chi connectivity index (χ4v) is 4.82. The summed E-state index contributed by atoms with van der Waals surface area (Å²) in [7, 11) is 1.63. The van der Waals surface area contributed by atoms with Crippen LogP contribution in [-0.4, -0.2) is 64.4 Å². The average Bonchev–Trinajstić information content (AvgIpc) is 3.22. The molecule has 184 valence electrons. The van der Waals surface area contributed by atoms with Gasteiger partial charge in [0.15, 0.2) is 0 Å². The Labute approximate surface area is 209 Å². The fraction of sp³-hybridized carbons (Fsp3) is 0.385. The largest absolute Gasteiger partial charge is 0.497 e. The van der Waals surface area contributed by atoms with E-state index in [1.165, 1.54) is 0 Å². The molecule has 3 aromatic rings. The van der Waals surface area contributed by atoms with Crippen LogP contribution in [0.1, 0.15) is 28.2 Å². The van der Waals surface area contributed by atoms with Crippen molar-refractivity contribution >= 4 is 23.2 Å². The molecule has 0 spiro atoms. The van der Waals surface area contributed by atoms with Gasteiger partial charge in [-0.1, -0.05) is 18.2 Å². The van der Waals surface area contributed by atoms with Gasteiger partial charge >= 0.3 is 0 Å². The van der Waals surface area contributed by atoms with Gasteiger partial charge < -0.3 is 19.3 Å². The second-order valence-electron chi connectivity index (χ2n) is 8.52. The van der Waals surface area contributed by atoms with Crippen LogP contribution in [0, 0.1) is 6.92 Å². The summed E-state index contributed by atoms with van der Waals surface area (Å²) in [6.45, 7) is 3.46. The van der Waals surface area contributed by atoms with Crippen LogP contribution in [0.4, 0.5) is 0 Å². The molecule has 0 aliphatic carbocycles. The Hall–Kier alpha value is -3.30. The molecule has 0 bridgehead atoms. The van der Waals surface area contributed by atoms with E-state index in [0.717, 1.165) is 27.6 Å². The van der Waals surface area contributed by atoms with E-state index in [-0.39, 0.29) is 24.5 Å². The molecule has 35 heavy (non-hydrogen) atoms. The second-order valence-corrected chi connectivity index (χ2v) is 9.45. The molecule has 3 heterocycles. The van der Waals surface area contributed by atoms with E-state index in [0.29, 0.717) is 39.1 Å². The molecule has 0 unspecified atom stereocenters. The molecule has 2 amide bonds. The molecule has 9 heteroatoms. The first-order valence-electron chi connectivity index (χ1n) is 11.6. The van der Waals surface area contributed by atoms with Crippen LogP contribution in [0.5, 0.6) is 5.75 Å². The van der Waals surface area contributed by atoms with Gasteiger partial charge in [-0.3, -0.25) is 14.6 Å². The van der Waals surface area contributed by atoms with Gasteiger partial charge in [-0.25, -0.2) is 4.98 Å². The Morgan fingerprint density at radius 3 is 2.80 bits per heavy atom. The van der Waals surface area contributed by atoms with E-state index >= 15 is 0 Å². The molecule has 2 aromatic heterocycles. The lowest BCUT2D eigenvalue weighted by atomic mass is 10.2. The number of ether oxygens (including phenoxy) is 2. The number of carbonyl (C=O) groups excluding carboxylic acids is 2. The normalized spacial score (nSPS) is 16.3. The first-order valence-corrected chi connectivity index (χ1v) is 12.5. The molecule has 1 aliphatic heterocycles. The summed E-state index contributed by atoms with van der Waals surface area (Å²) >= 11 is 1.55. The summed E-state index contributed by atoms with van der Waals surface area (Å²) in [5.41, 5.74) is 4.51. The minimum absolute atomic E-state index is 0.0341. The zero-order chi connectivity index (χ0) is 24.6. The number of benzene rings is 1. The number of aromatic nitrogens is 2. The van der Waals surface area contributed by atoms with Crippen molar-refractivity contribution in [2.45, 2.75) is 39.0 Å². The minimum atomic E-state index is -0.328. The maximum Gasteiger partial charge on any atom is 0.242 e. The van der Waals surface area contributed by atoms with Gasteiger partial charge in [0.2, 0.25) is 11.8 Å². The Morgan fingerprint density at radius 2 is 2.06 bits per heavy atom. The SMILES string of the molecule is COc1cccc(CO[C@H]2CN(C(=O)CCc3scnc3C)CC(=O)N(Cc3ccccn3)C2)c1. The summed E-state index contributed by atoms with van der Waals surface area (Å²) in [5.74, 6) is 0.598. The number of hydrogen-bond acceptors (Lipinski definition) is 7. The quantitative estimate of drug-likeness (QED) is 0.454. The highest BCUT2D eigenvalue weighted by atomic mass is 32.1. The molecule has 1 fully saturated rings. The van der Waals surface area contributed by atoms with Crippen LogP contribution < -0.4 is 4.74 Å². The van der Waals surface area contributed by atoms with Crippen LogP contribution in [0.3, 0.4) is 0 Å². The van der Waals surface area contributed by atoms with Crippen molar-refractivity contribution in [1.29, 1.82) is 0 Å². The minimum Gasteiger partial charge on any atom is -0.497 e. The molecular weight excluding hydrogens is 464 g/mol. The number of aryl methyl sites for hydroxylation is 2. The van der Waals surface area contributed by atoms with Crippen molar-refractivity contribution in [2.75, 3.05) is 26.7 Å². The number of thiazole rings is 1. The summed E-state index contributed by atoms with van der Waals surface area (Å²) in [5, 5.41) is 0. The Kier molecular flexibility index (Phi) is 8.44. The maximum absolute atomic E-state index is 13.1. The lowest BCUT2D eigenvalue weighted by molar-refractivity contribution is -0.139. The van der Waals surface area contributed by atoms with E-state index in [2.05, 4.69) is 9.97 Å². The van der Waals surface area contributed by atoms with Crippen LogP contribution in [0.2, 0.25) is 0 Å².